The van der Waals surface area contributed by atoms with Crippen LogP contribution in [0.4, 0.5) is 16.2 Å². The summed E-state index contributed by atoms with van der Waals surface area (Å²) >= 11 is 0. The van der Waals surface area contributed by atoms with Gasteiger partial charge in [0.2, 0.25) is 5.95 Å². The van der Waals surface area contributed by atoms with E-state index >= 15 is 0 Å². The average molecular weight is 446 g/mol. The van der Waals surface area contributed by atoms with Gasteiger partial charge in [-0.1, -0.05) is 25.3 Å². The second-order valence-corrected chi connectivity index (χ2v) is 9.13. The van der Waals surface area contributed by atoms with Crippen LogP contribution in [-0.2, 0) is 13.0 Å². The molecule has 0 saturated heterocycles. The molecule has 170 valence electrons. The summed E-state index contributed by atoms with van der Waals surface area (Å²) in [5, 5.41) is 5.54. The normalized spacial score (nSPS) is 17.5. The van der Waals surface area contributed by atoms with Crippen LogP contribution in [0.2, 0.25) is 0 Å². The van der Waals surface area contributed by atoms with Gasteiger partial charge in [0.05, 0.1) is 11.7 Å². The summed E-state index contributed by atoms with van der Waals surface area (Å²) in [5.41, 5.74) is 4.33. The molecule has 1 N–H and O–H groups in total. The summed E-state index contributed by atoms with van der Waals surface area (Å²) in [6, 6.07) is 6.55. The van der Waals surface area contributed by atoms with Gasteiger partial charge in [-0.2, -0.15) is 4.98 Å². The van der Waals surface area contributed by atoms with Gasteiger partial charge in [-0.05, 0) is 30.5 Å². The van der Waals surface area contributed by atoms with E-state index in [9.17, 15) is 4.39 Å². The van der Waals surface area contributed by atoms with Gasteiger partial charge in [0.15, 0.2) is 0 Å². The molecular formula is C25H28FN7. The van der Waals surface area contributed by atoms with Gasteiger partial charge >= 0.3 is 0 Å². The molecule has 1 aliphatic heterocycles. The first-order valence-electron chi connectivity index (χ1n) is 11.9. The molecule has 0 radical (unpaired) electrons. The Bertz CT molecular complexity index is 1290. The van der Waals surface area contributed by atoms with Gasteiger partial charge < -0.3 is 9.88 Å². The minimum atomic E-state index is -0.310. The van der Waals surface area contributed by atoms with Crippen LogP contribution in [0.5, 0.6) is 0 Å². The van der Waals surface area contributed by atoms with Crippen LogP contribution in [0.15, 0.2) is 36.8 Å². The van der Waals surface area contributed by atoms with Crippen LogP contribution in [0.25, 0.3) is 21.9 Å². The molecule has 5 heterocycles. The van der Waals surface area contributed by atoms with E-state index < -0.39 is 0 Å². The Morgan fingerprint density at radius 2 is 1.94 bits per heavy atom. The second kappa shape index (κ2) is 8.67. The molecule has 0 amide bonds. The summed E-state index contributed by atoms with van der Waals surface area (Å²) in [5.74, 6) is 1.30. The van der Waals surface area contributed by atoms with E-state index in [0.29, 0.717) is 18.5 Å². The number of anilines is 2. The van der Waals surface area contributed by atoms with Crippen molar-refractivity contribution in [3.63, 3.8) is 0 Å². The van der Waals surface area contributed by atoms with Crippen molar-refractivity contribution < 1.29 is 4.39 Å². The Hall–Kier alpha value is -3.13. The minimum Gasteiger partial charge on any atom is -0.321 e. The lowest BCUT2D eigenvalue weighted by Gasteiger charge is -2.27. The molecule has 0 bridgehead atoms. The van der Waals surface area contributed by atoms with E-state index in [1.807, 2.05) is 24.7 Å². The van der Waals surface area contributed by atoms with Gasteiger partial charge in [0.25, 0.3) is 0 Å². The number of nitrogens with zero attached hydrogens (tertiary/aromatic N) is 6. The average Bonchev–Trinajstić information content (AvgIpc) is 3.18. The molecule has 2 aliphatic rings. The fourth-order valence-electron chi connectivity index (χ4n) is 5.40. The third-order valence-electron chi connectivity index (χ3n) is 7.05. The van der Waals surface area contributed by atoms with Crippen LogP contribution in [0.1, 0.15) is 49.4 Å². The van der Waals surface area contributed by atoms with E-state index in [0.717, 1.165) is 53.0 Å². The predicted octanol–water partition coefficient (Wildman–Crippen LogP) is 4.95. The second-order valence-electron chi connectivity index (χ2n) is 9.13. The molecule has 1 fully saturated rings. The highest BCUT2D eigenvalue weighted by Crippen LogP contribution is 2.36. The predicted molar refractivity (Wildman–Crippen MR) is 127 cm³/mol. The molecule has 1 saturated carbocycles. The number of pyridine rings is 2. The Balaban J connectivity index is 1.34. The van der Waals surface area contributed by atoms with Gasteiger partial charge in [-0.3, -0.25) is 9.88 Å². The molecule has 0 spiro atoms. The smallest absolute Gasteiger partial charge is 0.230 e. The standard InChI is InChI=1S/C25H28FN7/c26-10-13-32-12-9-21-17(16-32)6-7-23(29-21)30-25-28-14-20-19-8-11-27-15-22(19)33(24(20)31-25)18-4-2-1-3-5-18/h6-8,11,14-15,18H,1-5,9-10,12-13,16H2,(H,28,29,30,31). The molecule has 33 heavy (non-hydrogen) atoms. The fourth-order valence-corrected chi connectivity index (χ4v) is 5.40. The Morgan fingerprint density at radius 1 is 1.03 bits per heavy atom. The molecule has 7 nitrogen and oxygen atoms in total. The number of aromatic nitrogens is 5. The molecule has 1 aliphatic carbocycles. The molecule has 4 aromatic heterocycles. The van der Waals surface area contributed by atoms with Crippen LogP contribution in [0, 0.1) is 0 Å². The quantitative estimate of drug-likeness (QED) is 0.469. The van der Waals surface area contributed by atoms with Gasteiger partial charge in [-0.25, -0.2) is 14.4 Å². The maximum Gasteiger partial charge on any atom is 0.230 e. The first-order chi connectivity index (χ1) is 16.3. The van der Waals surface area contributed by atoms with Crippen molar-refractivity contribution in [2.75, 3.05) is 25.1 Å². The first kappa shape index (κ1) is 20.5. The van der Waals surface area contributed by atoms with E-state index in [2.05, 4.69) is 36.9 Å². The summed E-state index contributed by atoms with van der Waals surface area (Å²) in [4.78, 5) is 20.9. The zero-order valence-electron chi connectivity index (χ0n) is 18.7. The van der Waals surface area contributed by atoms with Crippen molar-refractivity contribution in [1.82, 2.24) is 29.4 Å². The van der Waals surface area contributed by atoms with Crippen LogP contribution < -0.4 is 5.32 Å². The van der Waals surface area contributed by atoms with E-state index in [-0.39, 0.29) is 6.67 Å². The number of halogens is 1. The largest absolute Gasteiger partial charge is 0.321 e. The van der Waals surface area contributed by atoms with Crippen molar-refractivity contribution in [1.29, 1.82) is 0 Å². The number of hydrogen-bond acceptors (Lipinski definition) is 6. The van der Waals surface area contributed by atoms with Crippen molar-refractivity contribution in [2.24, 2.45) is 0 Å². The molecule has 0 atom stereocenters. The molecule has 6 rings (SSSR count). The summed E-state index contributed by atoms with van der Waals surface area (Å²) in [6.45, 7) is 1.77. The number of nitrogens with one attached hydrogen (secondary N) is 1. The number of rotatable bonds is 5. The zero-order chi connectivity index (χ0) is 22.2. The third-order valence-corrected chi connectivity index (χ3v) is 7.05. The molecule has 0 unspecified atom stereocenters. The Labute approximate surface area is 192 Å². The minimum absolute atomic E-state index is 0.310. The Morgan fingerprint density at radius 3 is 2.82 bits per heavy atom. The Kier molecular flexibility index (Phi) is 5.38. The highest BCUT2D eigenvalue weighted by atomic mass is 19.1. The van der Waals surface area contributed by atoms with Crippen molar-refractivity contribution in [3.05, 3.63) is 48.0 Å². The highest BCUT2D eigenvalue weighted by molar-refractivity contribution is 6.06. The lowest BCUT2D eigenvalue weighted by Crippen LogP contribution is -2.32. The SMILES string of the molecule is FCCN1CCc2nc(Nc3ncc4c5ccncc5n(C5CCCCC5)c4n3)ccc2C1. The fraction of sp³-hybridized carbons (Fsp3) is 0.440. The van der Waals surface area contributed by atoms with Crippen LogP contribution >= 0.6 is 0 Å². The van der Waals surface area contributed by atoms with Gasteiger partial charge in [0.1, 0.15) is 18.1 Å². The lowest BCUT2D eigenvalue weighted by molar-refractivity contribution is 0.229. The van der Waals surface area contributed by atoms with E-state index in [1.165, 1.54) is 37.7 Å². The molecule has 8 heteroatoms. The molecule has 4 aromatic rings. The van der Waals surface area contributed by atoms with E-state index in [1.54, 1.807) is 0 Å². The summed E-state index contributed by atoms with van der Waals surface area (Å²) in [7, 11) is 0. The maximum atomic E-state index is 12.7. The molecule has 0 aromatic carbocycles. The van der Waals surface area contributed by atoms with Crippen molar-refractivity contribution in [2.45, 2.75) is 51.1 Å². The molecular weight excluding hydrogens is 417 g/mol. The van der Waals surface area contributed by atoms with Gasteiger partial charge in [0, 0.05) is 61.0 Å². The van der Waals surface area contributed by atoms with Crippen molar-refractivity contribution >= 4 is 33.7 Å². The van der Waals surface area contributed by atoms with Crippen molar-refractivity contribution in [3.8, 4) is 0 Å². The van der Waals surface area contributed by atoms with E-state index in [4.69, 9.17) is 9.97 Å². The monoisotopic (exact) mass is 445 g/mol. The third kappa shape index (κ3) is 3.82. The highest BCUT2D eigenvalue weighted by Gasteiger charge is 2.22. The van der Waals surface area contributed by atoms with Crippen LogP contribution in [-0.4, -0.2) is 49.2 Å². The number of hydrogen-bond donors (Lipinski definition) is 1. The summed E-state index contributed by atoms with van der Waals surface area (Å²) < 4.78 is 15.1. The van der Waals surface area contributed by atoms with Gasteiger partial charge in [-0.15, -0.1) is 0 Å². The lowest BCUT2D eigenvalue weighted by atomic mass is 9.95. The number of alkyl halides is 1. The maximum absolute atomic E-state index is 12.7. The van der Waals surface area contributed by atoms with Crippen LogP contribution in [0.3, 0.4) is 0 Å². The first-order valence-corrected chi connectivity index (χ1v) is 11.9. The zero-order valence-corrected chi connectivity index (χ0v) is 18.7. The topological polar surface area (TPSA) is 71.8 Å². The number of fused-ring (bicyclic) bond motifs is 4. The summed E-state index contributed by atoms with van der Waals surface area (Å²) in [6.07, 6.45) is 12.7.